The van der Waals surface area contributed by atoms with Crippen LogP contribution in [0.25, 0.3) is 22.2 Å². The minimum absolute atomic E-state index is 0.110. The van der Waals surface area contributed by atoms with E-state index in [0.29, 0.717) is 6.42 Å². The SMILES string of the molecule is Cc1[nH]c(CCO)nc1-c1c(C)[nH]c2ccccc12. The second-order valence-electron chi connectivity index (χ2n) is 4.80. The fraction of sp³-hybridized carbons (Fsp3) is 0.267. The van der Waals surface area contributed by atoms with Crippen LogP contribution in [-0.2, 0) is 6.42 Å². The summed E-state index contributed by atoms with van der Waals surface area (Å²) in [4.78, 5) is 11.2. The van der Waals surface area contributed by atoms with Gasteiger partial charge in [0.05, 0.1) is 12.3 Å². The van der Waals surface area contributed by atoms with E-state index in [0.717, 1.165) is 34.0 Å². The first-order chi connectivity index (χ1) is 9.20. The topological polar surface area (TPSA) is 64.7 Å². The molecule has 4 nitrogen and oxygen atoms in total. The van der Waals surface area contributed by atoms with Crippen LogP contribution in [-0.4, -0.2) is 26.7 Å². The van der Waals surface area contributed by atoms with Crippen LogP contribution in [0, 0.1) is 13.8 Å². The zero-order valence-electron chi connectivity index (χ0n) is 11.1. The lowest BCUT2D eigenvalue weighted by Crippen LogP contribution is -1.92. The average molecular weight is 255 g/mol. The Morgan fingerprint density at radius 3 is 2.68 bits per heavy atom. The number of aliphatic hydroxyl groups excluding tert-OH is 1. The summed E-state index contributed by atoms with van der Waals surface area (Å²) >= 11 is 0. The van der Waals surface area contributed by atoms with E-state index in [2.05, 4.69) is 34.0 Å². The molecule has 0 atom stereocenters. The molecule has 2 aromatic heterocycles. The minimum Gasteiger partial charge on any atom is -0.396 e. The molecule has 0 spiro atoms. The number of aryl methyl sites for hydroxylation is 2. The Morgan fingerprint density at radius 1 is 1.11 bits per heavy atom. The van der Waals surface area contributed by atoms with Gasteiger partial charge in [0.15, 0.2) is 0 Å². The number of aliphatic hydroxyl groups is 1. The largest absolute Gasteiger partial charge is 0.396 e. The van der Waals surface area contributed by atoms with Crippen LogP contribution in [0.1, 0.15) is 17.2 Å². The normalized spacial score (nSPS) is 11.3. The molecule has 3 aromatic rings. The molecule has 19 heavy (non-hydrogen) atoms. The summed E-state index contributed by atoms with van der Waals surface area (Å²) in [5.74, 6) is 0.833. The molecule has 3 rings (SSSR count). The van der Waals surface area contributed by atoms with Crippen molar-refractivity contribution < 1.29 is 5.11 Å². The van der Waals surface area contributed by atoms with Crippen molar-refractivity contribution in [2.75, 3.05) is 6.61 Å². The van der Waals surface area contributed by atoms with Crippen LogP contribution >= 0.6 is 0 Å². The van der Waals surface area contributed by atoms with Crippen LogP contribution in [0.3, 0.4) is 0 Å². The predicted molar refractivity (Wildman–Crippen MR) is 76.1 cm³/mol. The van der Waals surface area contributed by atoms with E-state index >= 15 is 0 Å². The van der Waals surface area contributed by atoms with Gasteiger partial charge in [0.2, 0.25) is 0 Å². The van der Waals surface area contributed by atoms with Gasteiger partial charge in [-0.3, -0.25) is 0 Å². The highest BCUT2D eigenvalue weighted by atomic mass is 16.3. The van der Waals surface area contributed by atoms with Crippen LogP contribution in [0.2, 0.25) is 0 Å². The highest BCUT2D eigenvalue weighted by Gasteiger charge is 2.15. The number of nitrogens with one attached hydrogen (secondary N) is 2. The maximum atomic E-state index is 9.01. The Bertz CT molecular complexity index is 724. The Kier molecular flexibility index (Phi) is 2.87. The molecule has 1 aromatic carbocycles. The maximum absolute atomic E-state index is 9.01. The third-order valence-corrected chi connectivity index (χ3v) is 3.41. The van der Waals surface area contributed by atoms with Gasteiger partial charge in [0.1, 0.15) is 5.82 Å². The van der Waals surface area contributed by atoms with Gasteiger partial charge >= 0.3 is 0 Å². The monoisotopic (exact) mass is 255 g/mol. The number of fused-ring (bicyclic) bond motifs is 1. The fourth-order valence-electron chi connectivity index (χ4n) is 2.57. The zero-order chi connectivity index (χ0) is 13.4. The second kappa shape index (κ2) is 4.55. The number of H-pyrrole nitrogens is 2. The lowest BCUT2D eigenvalue weighted by atomic mass is 10.1. The number of hydrogen-bond acceptors (Lipinski definition) is 2. The first kappa shape index (κ1) is 12.0. The molecule has 0 saturated carbocycles. The van der Waals surface area contributed by atoms with Gasteiger partial charge in [0, 0.05) is 34.3 Å². The second-order valence-corrected chi connectivity index (χ2v) is 4.80. The molecule has 2 heterocycles. The average Bonchev–Trinajstić information content (AvgIpc) is 2.89. The van der Waals surface area contributed by atoms with Crippen molar-refractivity contribution in [3.63, 3.8) is 0 Å². The van der Waals surface area contributed by atoms with Gasteiger partial charge in [-0.25, -0.2) is 4.98 Å². The number of aromatic amines is 2. The number of aromatic nitrogens is 3. The molecule has 0 aliphatic rings. The van der Waals surface area contributed by atoms with E-state index in [-0.39, 0.29) is 6.61 Å². The van der Waals surface area contributed by atoms with E-state index in [1.807, 2.05) is 19.1 Å². The summed E-state index contributed by atoms with van der Waals surface area (Å²) in [6.45, 7) is 4.19. The molecule has 0 radical (unpaired) electrons. The van der Waals surface area contributed by atoms with E-state index in [1.165, 1.54) is 5.39 Å². The lowest BCUT2D eigenvalue weighted by Gasteiger charge is -1.98. The number of rotatable bonds is 3. The van der Waals surface area contributed by atoms with Crippen molar-refractivity contribution in [1.29, 1.82) is 0 Å². The van der Waals surface area contributed by atoms with Crippen molar-refractivity contribution in [3.05, 3.63) is 41.5 Å². The Balaban J connectivity index is 2.21. The molecule has 3 N–H and O–H groups in total. The van der Waals surface area contributed by atoms with E-state index in [9.17, 15) is 0 Å². The molecule has 0 bridgehead atoms. The molecule has 0 saturated heterocycles. The summed E-state index contributed by atoms with van der Waals surface area (Å²) in [7, 11) is 0. The molecular weight excluding hydrogens is 238 g/mol. The summed E-state index contributed by atoms with van der Waals surface area (Å²) in [5.41, 5.74) is 5.40. The van der Waals surface area contributed by atoms with Gasteiger partial charge in [-0.15, -0.1) is 0 Å². The van der Waals surface area contributed by atoms with Crippen LogP contribution in [0.5, 0.6) is 0 Å². The third-order valence-electron chi connectivity index (χ3n) is 3.41. The number of hydrogen-bond donors (Lipinski definition) is 3. The summed E-state index contributed by atoms with van der Waals surface area (Å²) in [6.07, 6.45) is 0.558. The van der Waals surface area contributed by atoms with E-state index in [4.69, 9.17) is 5.11 Å². The van der Waals surface area contributed by atoms with Gasteiger partial charge < -0.3 is 15.1 Å². The van der Waals surface area contributed by atoms with Crippen molar-refractivity contribution in [1.82, 2.24) is 15.0 Å². The summed E-state index contributed by atoms with van der Waals surface area (Å²) in [5, 5.41) is 10.2. The zero-order valence-corrected chi connectivity index (χ0v) is 11.1. The lowest BCUT2D eigenvalue weighted by molar-refractivity contribution is 0.297. The van der Waals surface area contributed by atoms with Gasteiger partial charge in [-0.1, -0.05) is 18.2 Å². The fourth-order valence-corrected chi connectivity index (χ4v) is 2.57. The van der Waals surface area contributed by atoms with E-state index in [1.54, 1.807) is 0 Å². The molecule has 0 unspecified atom stereocenters. The third kappa shape index (κ3) is 1.94. The molecule has 0 amide bonds. The molecule has 0 fully saturated rings. The van der Waals surface area contributed by atoms with Crippen molar-refractivity contribution in [2.24, 2.45) is 0 Å². The Labute approximate surface area is 111 Å². The molecule has 98 valence electrons. The highest BCUT2D eigenvalue weighted by molar-refractivity contribution is 5.96. The highest BCUT2D eigenvalue weighted by Crippen LogP contribution is 2.32. The predicted octanol–water partition coefficient (Wildman–Crippen LogP) is 2.71. The molecule has 0 aliphatic heterocycles. The van der Waals surface area contributed by atoms with Gasteiger partial charge in [0.25, 0.3) is 0 Å². The van der Waals surface area contributed by atoms with Crippen LogP contribution in [0.4, 0.5) is 0 Å². The van der Waals surface area contributed by atoms with Crippen molar-refractivity contribution in [3.8, 4) is 11.3 Å². The van der Waals surface area contributed by atoms with Crippen LogP contribution < -0.4 is 0 Å². The number of nitrogens with zero attached hydrogens (tertiary/aromatic N) is 1. The summed E-state index contributed by atoms with van der Waals surface area (Å²) in [6, 6.07) is 8.24. The van der Waals surface area contributed by atoms with E-state index < -0.39 is 0 Å². The Morgan fingerprint density at radius 2 is 1.89 bits per heavy atom. The van der Waals surface area contributed by atoms with Crippen molar-refractivity contribution in [2.45, 2.75) is 20.3 Å². The molecule has 4 heteroatoms. The smallest absolute Gasteiger partial charge is 0.109 e. The van der Waals surface area contributed by atoms with Crippen molar-refractivity contribution >= 4 is 10.9 Å². The van der Waals surface area contributed by atoms with Gasteiger partial charge in [-0.05, 0) is 19.9 Å². The molecule has 0 aliphatic carbocycles. The molecular formula is C15H17N3O. The number of benzene rings is 1. The minimum atomic E-state index is 0.110. The van der Waals surface area contributed by atoms with Crippen LogP contribution in [0.15, 0.2) is 24.3 Å². The number of imidazole rings is 1. The first-order valence-corrected chi connectivity index (χ1v) is 6.44. The summed E-state index contributed by atoms with van der Waals surface area (Å²) < 4.78 is 0. The first-order valence-electron chi connectivity index (χ1n) is 6.44. The van der Waals surface area contributed by atoms with Gasteiger partial charge in [-0.2, -0.15) is 0 Å². The maximum Gasteiger partial charge on any atom is 0.109 e. The number of para-hydroxylation sites is 1. The Hall–Kier alpha value is -2.07. The quantitative estimate of drug-likeness (QED) is 0.673. The standard InChI is InChI=1S/C15H17N3O/c1-9-14(11-5-3-4-6-12(11)16-9)15-10(2)17-13(18-15)7-8-19/h3-6,16,19H,7-8H2,1-2H3,(H,17,18).